The molecule has 0 atom stereocenters. The van der Waals surface area contributed by atoms with Crippen molar-refractivity contribution in [3.63, 3.8) is 0 Å². The zero-order valence-corrected chi connectivity index (χ0v) is 9.14. The van der Waals surface area contributed by atoms with Crippen LogP contribution in [0.15, 0.2) is 30.3 Å². The van der Waals surface area contributed by atoms with Gasteiger partial charge in [-0.25, -0.2) is 4.79 Å². The van der Waals surface area contributed by atoms with Crippen molar-refractivity contribution >= 4 is 12.0 Å². The lowest BCUT2D eigenvalue weighted by Gasteiger charge is -1.97. The van der Waals surface area contributed by atoms with E-state index in [2.05, 4.69) is 0 Å². The molecule has 1 rings (SSSR count). The molecule has 0 saturated heterocycles. The Morgan fingerprint density at radius 1 is 1.44 bits per heavy atom. The number of nitriles is 1. The van der Waals surface area contributed by atoms with Gasteiger partial charge < -0.3 is 4.74 Å². The maximum Gasteiger partial charge on any atom is 0.330 e. The van der Waals surface area contributed by atoms with Crippen LogP contribution in [0.2, 0.25) is 0 Å². The first-order valence-electron chi connectivity index (χ1n) is 5.11. The van der Waals surface area contributed by atoms with Gasteiger partial charge in [0.1, 0.15) is 0 Å². The summed E-state index contributed by atoms with van der Waals surface area (Å²) in [5, 5.41) is 8.60. The van der Waals surface area contributed by atoms with Crippen LogP contribution >= 0.6 is 0 Å². The zero-order chi connectivity index (χ0) is 11.8. The molecule has 0 heterocycles. The molecule has 0 N–H and O–H groups in total. The Labute approximate surface area is 95.0 Å². The van der Waals surface area contributed by atoms with Crippen molar-refractivity contribution in [1.82, 2.24) is 0 Å². The number of carbonyl (C=O) groups is 1. The molecule has 0 aliphatic carbocycles. The van der Waals surface area contributed by atoms with E-state index in [-0.39, 0.29) is 5.97 Å². The van der Waals surface area contributed by atoms with E-state index in [0.717, 1.165) is 12.0 Å². The lowest BCUT2D eigenvalue weighted by atomic mass is 10.1. The highest BCUT2D eigenvalue weighted by Crippen LogP contribution is 2.05. The summed E-state index contributed by atoms with van der Waals surface area (Å²) < 4.78 is 4.88. The van der Waals surface area contributed by atoms with E-state index >= 15 is 0 Å². The molecule has 0 amide bonds. The molecule has 0 aliphatic rings. The van der Waals surface area contributed by atoms with E-state index in [1.165, 1.54) is 6.08 Å². The number of rotatable bonds is 4. The van der Waals surface area contributed by atoms with Crippen LogP contribution in [0, 0.1) is 11.3 Å². The van der Waals surface area contributed by atoms with Crippen molar-refractivity contribution in [2.45, 2.75) is 13.3 Å². The number of hydrogen-bond donors (Lipinski definition) is 0. The number of esters is 1. The molecule has 0 spiro atoms. The van der Waals surface area contributed by atoms with E-state index in [0.29, 0.717) is 12.2 Å². The van der Waals surface area contributed by atoms with Gasteiger partial charge in [-0.1, -0.05) is 19.1 Å². The van der Waals surface area contributed by atoms with Crippen molar-refractivity contribution in [2.24, 2.45) is 0 Å². The number of benzene rings is 1. The largest absolute Gasteiger partial charge is 0.463 e. The van der Waals surface area contributed by atoms with Gasteiger partial charge in [-0.15, -0.1) is 0 Å². The summed E-state index contributed by atoms with van der Waals surface area (Å²) in [6.07, 6.45) is 3.87. The Bertz CT molecular complexity index is 413. The SMILES string of the molecule is CCCOC(=O)C=Cc1ccc(C#N)cc1. The van der Waals surface area contributed by atoms with E-state index in [1.54, 1.807) is 30.3 Å². The van der Waals surface area contributed by atoms with Crippen LogP contribution in [0.4, 0.5) is 0 Å². The van der Waals surface area contributed by atoms with Crippen molar-refractivity contribution in [3.8, 4) is 6.07 Å². The molecule has 3 nitrogen and oxygen atoms in total. The molecule has 0 fully saturated rings. The highest BCUT2D eigenvalue weighted by atomic mass is 16.5. The predicted molar refractivity (Wildman–Crippen MR) is 61.4 cm³/mol. The lowest BCUT2D eigenvalue weighted by molar-refractivity contribution is -0.137. The first kappa shape index (κ1) is 12.0. The standard InChI is InChI=1S/C13H13NO2/c1-2-9-16-13(15)8-7-11-3-5-12(10-14)6-4-11/h3-8H,2,9H2,1H3. The fourth-order valence-corrected chi connectivity index (χ4v) is 1.08. The minimum atomic E-state index is -0.341. The molecule has 0 bridgehead atoms. The number of ether oxygens (including phenoxy) is 1. The van der Waals surface area contributed by atoms with E-state index < -0.39 is 0 Å². The molecular weight excluding hydrogens is 202 g/mol. The zero-order valence-electron chi connectivity index (χ0n) is 9.14. The van der Waals surface area contributed by atoms with Gasteiger partial charge in [0.25, 0.3) is 0 Å². The van der Waals surface area contributed by atoms with Gasteiger partial charge in [-0.05, 0) is 30.2 Å². The van der Waals surface area contributed by atoms with Crippen LogP contribution < -0.4 is 0 Å². The van der Waals surface area contributed by atoms with Gasteiger partial charge in [0.2, 0.25) is 0 Å². The lowest BCUT2D eigenvalue weighted by Crippen LogP contribution is -2.00. The average Bonchev–Trinajstić information content (AvgIpc) is 2.34. The Kier molecular flexibility index (Phi) is 4.81. The van der Waals surface area contributed by atoms with E-state index in [4.69, 9.17) is 10.00 Å². The Balaban J connectivity index is 2.56. The Morgan fingerprint density at radius 2 is 2.12 bits per heavy atom. The quantitative estimate of drug-likeness (QED) is 0.572. The predicted octanol–water partition coefficient (Wildman–Crippen LogP) is 2.52. The van der Waals surface area contributed by atoms with Crippen LogP contribution in [0.25, 0.3) is 6.08 Å². The van der Waals surface area contributed by atoms with E-state index in [1.807, 2.05) is 13.0 Å². The molecule has 1 aromatic carbocycles. The maximum absolute atomic E-state index is 11.1. The smallest absolute Gasteiger partial charge is 0.330 e. The van der Waals surface area contributed by atoms with Gasteiger partial charge >= 0.3 is 5.97 Å². The van der Waals surface area contributed by atoms with Crippen LogP contribution in [-0.4, -0.2) is 12.6 Å². The second-order valence-corrected chi connectivity index (χ2v) is 3.23. The fourth-order valence-electron chi connectivity index (χ4n) is 1.08. The Morgan fingerprint density at radius 3 is 2.69 bits per heavy atom. The molecule has 0 saturated carbocycles. The molecule has 0 radical (unpaired) electrons. The summed E-state index contributed by atoms with van der Waals surface area (Å²) in [6.45, 7) is 2.38. The molecule has 16 heavy (non-hydrogen) atoms. The van der Waals surface area contributed by atoms with Crippen molar-refractivity contribution in [2.75, 3.05) is 6.61 Å². The summed E-state index contributed by atoms with van der Waals surface area (Å²) in [7, 11) is 0. The molecule has 1 aromatic rings. The minimum absolute atomic E-state index is 0.341. The molecule has 82 valence electrons. The van der Waals surface area contributed by atoms with Gasteiger partial charge in [0, 0.05) is 6.08 Å². The summed E-state index contributed by atoms with van der Waals surface area (Å²) in [4.78, 5) is 11.1. The second-order valence-electron chi connectivity index (χ2n) is 3.23. The van der Waals surface area contributed by atoms with Crippen LogP contribution in [0.5, 0.6) is 0 Å². The molecule has 3 heteroatoms. The molecule has 0 unspecified atom stereocenters. The van der Waals surface area contributed by atoms with Gasteiger partial charge in [0.15, 0.2) is 0 Å². The third-order valence-electron chi connectivity index (χ3n) is 1.90. The normalized spacial score (nSPS) is 10.0. The third-order valence-corrected chi connectivity index (χ3v) is 1.90. The van der Waals surface area contributed by atoms with Crippen LogP contribution in [0.1, 0.15) is 24.5 Å². The van der Waals surface area contributed by atoms with Gasteiger partial charge in [0.05, 0.1) is 18.2 Å². The first-order chi connectivity index (χ1) is 7.76. The monoisotopic (exact) mass is 215 g/mol. The van der Waals surface area contributed by atoms with Gasteiger partial charge in [-0.3, -0.25) is 0 Å². The summed E-state index contributed by atoms with van der Waals surface area (Å²) in [5.74, 6) is -0.341. The number of hydrogen-bond acceptors (Lipinski definition) is 3. The van der Waals surface area contributed by atoms with Gasteiger partial charge in [-0.2, -0.15) is 5.26 Å². The fraction of sp³-hybridized carbons (Fsp3) is 0.231. The highest BCUT2D eigenvalue weighted by molar-refractivity contribution is 5.87. The maximum atomic E-state index is 11.1. The summed E-state index contributed by atoms with van der Waals surface area (Å²) >= 11 is 0. The highest BCUT2D eigenvalue weighted by Gasteiger charge is 1.95. The molecule has 0 aromatic heterocycles. The van der Waals surface area contributed by atoms with E-state index in [9.17, 15) is 4.79 Å². The molecular formula is C13H13NO2. The average molecular weight is 215 g/mol. The van der Waals surface area contributed by atoms with Crippen molar-refractivity contribution in [3.05, 3.63) is 41.5 Å². The number of nitrogens with zero attached hydrogens (tertiary/aromatic N) is 1. The number of carbonyl (C=O) groups excluding carboxylic acids is 1. The topological polar surface area (TPSA) is 50.1 Å². The third kappa shape index (κ3) is 3.97. The van der Waals surface area contributed by atoms with Crippen LogP contribution in [-0.2, 0) is 9.53 Å². The Hall–Kier alpha value is -2.08. The van der Waals surface area contributed by atoms with Crippen LogP contribution in [0.3, 0.4) is 0 Å². The second kappa shape index (κ2) is 6.41. The van der Waals surface area contributed by atoms with Crippen molar-refractivity contribution in [1.29, 1.82) is 5.26 Å². The first-order valence-corrected chi connectivity index (χ1v) is 5.11. The molecule has 0 aliphatic heterocycles. The minimum Gasteiger partial charge on any atom is -0.463 e. The van der Waals surface area contributed by atoms with Crippen molar-refractivity contribution < 1.29 is 9.53 Å². The summed E-state index contributed by atoms with van der Waals surface area (Å²) in [5.41, 5.74) is 1.47. The summed E-state index contributed by atoms with van der Waals surface area (Å²) in [6, 6.07) is 9.00.